The van der Waals surface area contributed by atoms with Gasteiger partial charge in [-0.05, 0) is 46.5 Å². The first-order valence-corrected chi connectivity index (χ1v) is 5.56. The lowest BCUT2D eigenvalue weighted by Gasteiger charge is -2.09. The van der Waals surface area contributed by atoms with Gasteiger partial charge in [0.2, 0.25) is 0 Å². The molecule has 0 heterocycles. The van der Waals surface area contributed by atoms with Gasteiger partial charge in [-0.2, -0.15) is 0 Å². The molecule has 0 radical (unpaired) electrons. The summed E-state index contributed by atoms with van der Waals surface area (Å²) in [5.41, 5.74) is 0.454. The normalized spacial score (nSPS) is 21.0. The first kappa shape index (κ1) is 10.7. The molecule has 0 spiro atoms. The van der Waals surface area contributed by atoms with E-state index >= 15 is 0 Å². The van der Waals surface area contributed by atoms with Gasteiger partial charge in [-0.15, -0.1) is 0 Å². The second-order valence-corrected chi connectivity index (χ2v) is 4.50. The minimum atomic E-state index is -0.648. The summed E-state index contributed by atoms with van der Waals surface area (Å²) < 4.78 is 26.3. The number of Topliss-reactive ketones (excluding diaryl/α,β-unsaturated/α-hetero) is 1. The predicted molar refractivity (Wildman–Crippen MR) is 55.7 cm³/mol. The average molecular weight is 275 g/mol. The van der Waals surface area contributed by atoms with E-state index in [1.54, 1.807) is 0 Å². The van der Waals surface area contributed by atoms with E-state index in [0.717, 1.165) is 6.42 Å². The zero-order valence-electron chi connectivity index (χ0n) is 7.90. The SMILES string of the molecule is O=C1CCCC1c1cc(F)c(Br)c(F)c1. The largest absolute Gasteiger partial charge is 0.299 e. The van der Waals surface area contributed by atoms with Crippen molar-refractivity contribution in [1.82, 2.24) is 0 Å². The van der Waals surface area contributed by atoms with Crippen molar-refractivity contribution in [3.8, 4) is 0 Å². The topological polar surface area (TPSA) is 17.1 Å². The van der Waals surface area contributed by atoms with Crippen LogP contribution < -0.4 is 0 Å². The molecule has 1 unspecified atom stereocenters. The highest BCUT2D eigenvalue weighted by molar-refractivity contribution is 9.10. The van der Waals surface area contributed by atoms with Crippen molar-refractivity contribution in [3.63, 3.8) is 0 Å². The fourth-order valence-electron chi connectivity index (χ4n) is 1.94. The van der Waals surface area contributed by atoms with E-state index in [1.807, 2.05) is 0 Å². The Balaban J connectivity index is 2.41. The van der Waals surface area contributed by atoms with Crippen LogP contribution in [0, 0.1) is 11.6 Å². The van der Waals surface area contributed by atoms with Gasteiger partial charge in [0.25, 0.3) is 0 Å². The van der Waals surface area contributed by atoms with Crippen LogP contribution in [0.2, 0.25) is 0 Å². The summed E-state index contributed by atoms with van der Waals surface area (Å²) in [4.78, 5) is 11.4. The number of rotatable bonds is 1. The molecular formula is C11H9BrF2O. The lowest BCUT2D eigenvalue weighted by molar-refractivity contribution is -0.118. The average Bonchev–Trinajstić information content (AvgIpc) is 2.60. The Hall–Kier alpha value is -0.770. The number of halogens is 3. The second kappa shape index (κ2) is 4.00. The number of carbonyl (C=O) groups is 1. The van der Waals surface area contributed by atoms with Gasteiger partial charge in [0.05, 0.1) is 4.47 Å². The molecule has 1 fully saturated rings. The highest BCUT2D eigenvalue weighted by Gasteiger charge is 2.27. The van der Waals surface area contributed by atoms with Crippen molar-refractivity contribution in [2.75, 3.05) is 0 Å². The molecule has 1 saturated carbocycles. The van der Waals surface area contributed by atoms with Crippen LogP contribution in [0.25, 0.3) is 0 Å². The van der Waals surface area contributed by atoms with E-state index in [-0.39, 0.29) is 16.2 Å². The van der Waals surface area contributed by atoms with Gasteiger partial charge in [0.15, 0.2) is 0 Å². The summed E-state index contributed by atoms with van der Waals surface area (Å²) in [5.74, 6) is -1.53. The Kier molecular flexibility index (Phi) is 2.87. The summed E-state index contributed by atoms with van der Waals surface area (Å²) in [5, 5.41) is 0. The van der Waals surface area contributed by atoms with Crippen LogP contribution in [0.5, 0.6) is 0 Å². The molecule has 1 aliphatic rings. The maximum Gasteiger partial charge on any atom is 0.140 e. The van der Waals surface area contributed by atoms with Gasteiger partial charge in [-0.1, -0.05) is 0 Å². The summed E-state index contributed by atoms with van der Waals surface area (Å²) in [6, 6.07) is 2.47. The minimum Gasteiger partial charge on any atom is -0.299 e. The van der Waals surface area contributed by atoms with Crippen LogP contribution in [0.3, 0.4) is 0 Å². The molecule has 0 N–H and O–H groups in total. The summed E-state index contributed by atoms with van der Waals surface area (Å²) >= 11 is 2.80. The van der Waals surface area contributed by atoms with E-state index in [4.69, 9.17) is 0 Å². The van der Waals surface area contributed by atoms with Gasteiger partial charge in [0, 0.05) is 12.3 Å². The quantitative estimate of drug-likeness (QED) is 0.716. The second-order valence-electron chi connectivity index (χ2n) is 3.71. The molecule has 0 aromatic heterocycles. The third-order valence-corrected chi connectivity index (χ3v) is 3.47. The van der Waals surface area contributed by atoms with Crippen LogP contribution in [0.1, 0.15) is 30.7 Å². The molecule has 1 aromatic rings. The maximum absolute atomic E-state index is 13.2. The zero-order chi connectivity index (χ0) is 11.0. The maximum atomic E-state index is 13.2. The third kappa shape index (κ3) is 1.95. The van der Waals surface area contributed by atoms with Gasteiger partial charge in [-0.25, -0.2) is 8.78 Å². The molecule has 0 aliphatic heterocycles. The Labute approximate surface area is 94.6 Å². The smallest absolute Gasteiger partial charge is 0.140 e. The Morgan fingerprint density at radius 3 is 2.33 bits per heavy atom. The predicted octanol–water partition coefficient (Wildman–Crippen LogP) is 3.56. The van der Waals surface area contributed by atoms with Crippen molar-refractivity contribution >= 4 is 21.7 Å². The van der Waals surface area contributed by atoms with E-state index in [2.05, 4.69) is 15.9 Å². The Morgan fingerprint density at radius 1 is 1.27 bits per heavy atom. The van der Waals surface area contributed by atoms with Gasteiger partial charge in [-0.3, -0.25) is 4.79 Å². The summed E-state index contributed by atoms with van der Waals surface area (Å²) in [6.45, 7) is 0. The molecule has 1 nitrogen and oxygen atoms in total. The number of hydrogen-bond acceptors (Lipinski definition) is 1. The van der Waals surface area contributed by atoms with Gasteiger partial charge < -0.3 is 0 Å². The number of hydrogen-bond donors (Lipinski definition) is 0. The monoisotopic (exact) mass is 274 g/mol. The van der Waals surface area contributed by atoms with Crippen molar-refractivity contribution in [2.24, 2.45) is 0 Å². The number of benzene rings is 1. The van der Waals surface area contributed by atoms with Crippen LogP contribution >= 0.6 is 15.9 Å². The first-order chi connectivity index (χ1) is 7.09. The Morgan fingerprint density at radius 2 is 1.87 bits per heavy atom. The van der Waals surface area contributed by atoms with E-state index in [0.29, 0.717) is 18.4 Å². The third-order valence-electron chi connectivity index (χ3n) is 2.71. The molecular weight excluding hydrogens is 266 g/mol. The molecule has 1 atom stereocenters. The summed E-state index contributed by atoms with van der Waals surface area (Å²) in [7, 11) is 0. The molecule has 1 aliphatic carbocycles. The first-order valence-electron chi connectivity index (χ1n) is 4.76. The van der Waals surface area contributed by atoms with Crippen molar-refractivity contribution in [3.05, 3.63) is 33.8 Å². The number of ketones is 1. The lowest BCUT2D eigenvalue weighted by Crippen LogP contribution is -2.05. The molecule has 0 amide bonds. The fourth-order valence-corrected chi connectivity index (χ4v) is 2.17. The van der Waals surface area contributed by atoms with Crippen LogP contribution in [0.15, 0.2) is 16.6 Å². The molecule has 1 aromatic carbocycles. The van der Waals surface area contributed by atoms with E-state index in [9.17, 15) is 13.6 Å². The number of carbonyl (C=O) groups excluding carboxylic acids is 1. The minimum absolute atomic E-state index is 0.0797. The molecule has 0 bridgehead atoms. The van der Waals surface area contributed by atoms with Gasteiger partial charge >= 0.3 is 0 Å². The molecule has 0 saturated heterocycles. The van der Waals surface area contributed by atoms with Crippen LogP contribution in [0.4, 0.5) is 8.78 Å². The zero-order valence-corrected chi connectivity index (χ0v) is 9.48. The fraction of sp³-hybridized carbons (Fsp3) is 0.364. The van der Waals surface area contributed by atoms with Gasteiger partial charge in [0.1, 0.15) is 17.4 Å². The van der Waals surface area contributed by atoms with Crippen LogP contribution in [-0.2, 0) is 4.79 Å². The van der Waals surface area contributed by atoms with Crippen LogP contribution in [-0.4, -0.2) is 5.78 Å². The molecule has 15 heavy (non-hydrogen) atoms. The van der Waals surface area contributed by atoms with Crippen molar-refractivity contribution in [1.29, 1.82) is 0 Å². The molecule has 2 rings (SSSR count). The highest BCUT2D eigenvalue weighted by Crippen LogP contribution is 2.33. The highest BCUT2D eigenvalue weighted by atomic mass is 79.9. The van der Waals surface area contributed by atoms with E-state index < -0.39 is 11.6 Å². The Bertz CT molecular complexity index is 394. The lowest BCUT2D eigenvalue weighted by atomic mass is 9.97. The van der Waals surface area contributed by atoms with E-state index in [1.165, 1.54) is 12.1 Å². The molecule has 4 heteroatoms. The standard InChI is InChI=1S/C11H9BrF2O/c12-11-8(13)4-6(5-9(11)14)7-2-1-3-10(7)15/h4-5,7H,1-3H2. The molecule has 80 valence electrons. The van der Waals surface area contributed by atoms with Crippen molar-refractivity contribution < 1.29 is 13.6 Å². The summed E-state index contributed by atoms with van der Waals surface area (Å²) in [6.07, 6.45) is 2.02. The van der Waals surface area contributed by atoms with Crippen molar-refractivity contribution in [2.45, 2.75) is 25.2 Å².